The van der Waals surface area contributed by atoms with E-state index >= 15 is 0 Å². The maximum absolute atomic E-state index is 13.9. The lowest BCUT2D eigenvalue weighted by Crippen LogP contribution is -2.52. The highest BCUT2D eigenvalue weighted by Gasteiger charge is 2.33. The second kappa shape index (κ2) is 12.6. The summed E-state index contributed by atoms with van der Waals surface area (Å²) in [6.45, 7) is 4.90. The smallest absolute Gasteiger partial charge is 0.264 e. The van der Waals surface area contributed by atoms with Crippen molar-refractivity contribution >= 4 is 27.5 Å². The summed E-state index contributed by atoms with van der Waals surface area (Å²) in [7, 11) is -4.12. The number of amides is 2. The molecular weight excluding hydrogens is 529 g/mol. The molecule has 0 aliphatic heterocycles. The van der Waals surface area contributed by atoms with Crippen molar-refractivity contribution in [2.45, 2.75) is 70.0 Å². The molecule has 7 nitrogen and oxygen atoms in total. The molecule has 3 aromatic rings. The molecule has 2 amide bonds. The van der Waals surface area contributed by atoms with Crippen LogP contribution in [0.15, 0.2) is 77.7 Å². The molecule has 0 heterocycles. The van der Waals surface area contributed by atoms with E-state index in [4.69, 9.17) is 0 Å². The van der Waals surface area contributed by atoms with E-state index in [1.807, 2.05) is 13.8 Å². The van der Waals surface area contributed by atoms with Crippen LogP contribution in [-0.4, -0.2) is 43.8 Å². The van der Waals surface area contributed by atoms with Crippen LogP contribution in [0.4, 0.5) is 10.1 Å². The van der Waals surface area contributed by atoms with Crippen LogP contribution in [0.1, 0.15) is 49.3 Å². The predicted molar refractivity (Wildman–Crippen MR) is 154 cm³/mol. The minimum absolute atomic E-state index is 0.0185. The van der Waals surface area contributed by atoms with Gasteiger partial charge in [-0.05, 0) is 75.6 Å². The first-order valence-corrected chi connectivity index (χ1v) is 15.0. The molecule has 1 aliphatic carbocycles. The molecule has 4 rings (SSSR count). The molecule has 0 radical (unpaired) electrons. The van der Waals surface area contributed by atoms with Gasteiger partial charge in [0.15, 0.2) is 0 Å². The van der Waals surface area contributed by atoms with Crippen molar-refractivity contribution in [3.63, 3.8) is 0 Å². The van der Waals surface area contributed by atoms with Gasteiger partial charge in [-0.15, -0.1) is 0 Å². The molecule has 1 aliphatic rings. The molecule has 0 aromatic heterocycles. The van der Waals surface area contributed by atoms with Crippen molar-refractivity contribution in [3.05, 3.63) is 95.3 Å². The normalized spacial score (nSPS) is 14.5. The Balaban J connectivity index is 1.67. The van der Waals surface area contributed by atoms with Crippen molar-refractivity contribution in [3.8, 4) is 0 Å². The molecule has 212 valence electrons. The van der Waals surface area contributed by atoms with Gasteiger partial charge < -0.3 is 10.2 Å². The number of carbonyl (C=O) groups excluding carboxylic acids is 2. The highest BCUT2D eigenvalue weighted by Crippen LogP contribution is 2.25. The maximum Gasteiger partial charge on any atom is 0.264 e. The van der Waals surface area contributed by atoms with Gasteiger partial charge in [-0.25, -0.2) is 12.8 Å². The topological polar surface area (TPSA) is 86.8 Å². The summed E-state index contributed by atoms with van der Waals surface area (Å²) in [5, 5.41) is 3.04. The van der Waals surface area contributed by atoms with E-state index in [9.17, 15) is 22.4 Å². The molecule has 1 fully saturated rings. The van der Waals surface area contributed by atoms with Gasteiger partial charge in [0.1, 0.15) is 18.4 Å². The molecule has 3 aromatic carbocycles. The van der Waals surface area contributed by atoms with Crippen LogP contribution in [0.5, 0.6) is 0 Å². The van der Waals surface area contributed by atoms with Crippen LogP contribution in [0.3, 0.4) is 0 Å². The highest BCUT2D eigenvalue weighted by atomic mass is 32.2. The third kappa shape index (κ3) is 7.07. The molecule has 0 bridgehead atoms. The molecule has 0 unspecified atom stereocenters. The molecule has 40 heavy (non-hydrogen) atoms. The van der Waals surface area contributed by atoms with Crippen LogP contribution < -0.4 is 9.62 Å². The number of anilines is 1. The number of sulfonamides is 1. The minimum atomic E-state index is -4.12. The zero-order valence-corrected chi connectivity index (χ0v) is 24.0. The Kier molecular flexibility index (Phi) is 9.25. The number of hydrogen-bond acceptors (Lipinski definition) is 4. The Hall–Kier alpha value is -3.72. The standard InChI is InChI=1S/C31H36FN3O4S/c1-22-8-16-28(17-9-22)35(40(38,39)29-18-10-23(2)11-19-29)21-30(36)34(20-25-12-14-26(32)15-13-25)24(3)31(37)33-27-6-4-5-7-27/h8-19,24,27H,4-7,20-21H2,1-3H3,(H,33,37)/t24-/m0/s1. The number of nitrogens with one attached hydrogen (secondary N) is 1. The fourth-order valence-corrected chi connectivity index (χ4v) is 6.25. The number of benzene rings is 3. The number of aryl methyl sites for hydroxylation is 2. The monoisotopic (exact) mass is 565 g/mol. The van der Waals surface area contributed by atoms with Crippen molar-refractivity contribution in [1.82, 2.24) is 10.2 Å². The lowest BCUT2D eigenvalue weighted by Gasteiger charge is -2.32. The SMILES string of the molecule is Cc1ccc(N(CC(=O)N(Cc2ccc(F)cc2)[C@@H](C)C(=O)NC2CCCC2)S(=O)(=O)c2ccc(C)cc2)cc1. The van der Waals surface area contributed by atoms with Crippen LogP contribution in [-0.2, 0) is 26.2 Å². The van der Waals surface area contributed by atoms with E-state index in [0.717, 1.165) is 41.1 Å². The fraction of sp³-hybridized carbons (Fsp3) is 0.355. The first-order valence-electron chi connectivity index (χ1n) is 13.5. The van der Waals surface area contributed by atoms with E-state index in [1.54, 1.807) is 55.5 Å². The minimum Gasteiger partial charge on any atom is -0.352 e. The van der Waals surface area contributed by atoms with Gasteiger partial charge >= 0.3 is 0 Å². The quantitative estimate of drug-likeness (QED) is 0.370. The van der Waals surface area contributed by atoms with Gasteiger partial charge in [0.05, 0.1) is 10.6 Å². The van der Waals surface area contributed by atoms with Crippen molar-refractivity contribution in [2.24, 2.45) is 0 Å². The molecule has 0 saturated heterocycles. The predicted octanol–water partition coefficient (Wildman–Crippen LogP) is 5.11. The van der Waals surface area contributed by atoms with Crippen LogP contribution in [0.25, 0.3) is 0 Å². The van der Waals surface area contributed by atoms with E-state index in [2.05, 4.69) is 5.32 Å². The van der Waals surface area contributed by atoms with Gasteiger partial charge in [0, 0.05) is 12.6 Å². The molecule has 9 heteroatoms. The Bertz CT molecular complexity index is 1420. The second-order valence-corrected chi connectivity index (χ2v) is 12.3. The van der Waals surface area contributed by atoms with Gasteiger partial charge in [-0.2, -0.15) is 0 Å². The highest BCUT2D eigenvalue weighted by molar-refractivity contribution is 7.92. The summed E-state index contributed by atoms with van der Waals surface area (Å²) < 4.78 is 42.4. The van der Waals surface area contributed by atoms with Crippen molar-refractivity contribution < 1.29 is 22.4 Å². The third-order valence-electron chi connectivity index (χ3n) is 7.34. The number of rotatable bonds is 10. The Morgan fingerprint density at radius 3 is 2.02 bits per heavy atom. The maximum atomic E-state index is 13.9. The Morgan fingerprint density at radius 2 is 1.45 bits per heavy atom. The van der Waals surface area contributed by atoms with Crippen LogP contribution in [0, 0.1) is 19.7 Å². The van der Waals surface area contributed by atoms with E-state index < -0.39 is 34.3 Å². The summed E-state index contributed by atoms with van der Waals surface area (Å²) in [6.07, 6.45) is 3.86. The zero-order chi connectivity index (χ0) is 28.9. The Morgan fingerprint density at radius 1 is 0.900 bits per heavy atom. The largest absolute Gasteiger partial charge is 0.352 e. The molecule has 1 N–H and O–H groups in total. The summed E-state index contributed by atoms with van der Waals surface area (Å²) >= 11 is 0. The third-order valence-corrected chi connectivity index (χ3v) is 9.13. The fourth-order valence-electron chi connectivity index (χ4n) is 4.84. The van der Waals surface area contributed by atoms with Crippen LogP contribution >= 0.6 is 0 Å². The van der Waals surface area contributed by atoms with Crippen molar-refractivity contribution in [1.29, 1.82) is 0 Å². The summed E-state index contributed by atoms with van der Waals surface area (Å²) in [4.78, 5) is 28.6. The Labute approximate surface area is 236 Å². The lowest BCUT2D eigenvalue weighted by molar-refractivity contribution is -0.139. The second-order valence-electron chi connectivity index (χ2n) is 10.5. The molecule has 0 spiro atoms. The van der Waals surface area contributed by atoms with Gasteiger partial charge in [0.2, 0.25) is 11.8 Å². The molecule has 1 saturated carbocycles. The van der Waals surface area contributed by atoms with E-state index in [1.165, 1.54) is 29.2 Å². The number of nitrogens with zero attached hydrogens (tertiary/aromatic N) is 2. The first-order chi connectivity index (χ1) is 19.0. The van der Waals surface area contributed by atoms with Gasteiger partial charge in [-0.1, -0.05) is 60.4 Å². The van der Waals surface area contributed by atoms with Crippen molar-refractivity contribution in [2.75, 3.05) is 10.8 Å². The number of carbonyl (C=O) groups is 2. The lowest BCUT2D eigenvalue weighted by atomic mass is 10.1. The average Bonchev–Trinajstić information content (AvgIpc) is 3.44. The first kappa shape index (κ1) is 29.3. The number of halogens is 1. The molecule has 1 atom stereocenters. The molecular formula is C31H36FN3O4S. The number of hydrogen-bond donors (Lipinski definition) is 1. The van der Waals surface area contributed by atoms with E-state index in [0.29, 0.717) is 11.3 Å². The van der Waals surface area contributed by atoms with E-state index in [-0.39, 0.29) is 23.4 Å². The summed E-state index contributed by atoms with van der Waals surface area (Å²) in [5.41, 5.74) is 2.81. The van der Waals surface area contributed by atoms with Crippen LogP contribution in [0.2, 0.25) is 0 Å². The van der Waals surface area contributed by atoms with Gasteiger partial charge in [0.25, 0.3) is 10.0 Å². The summed E-state index contributed by atoms with van der Waals surface area (Å²) in [5.74, 6) is -1.26. The zero-order valence-electron chi connectivity index (χ0n) is 23.1. The average molecular weight is 566 g/mol. The van der Waals surface area contributed by atoms with Gasteiger partial charge in [-0.3, -0.25) is 13.9 Å². The summed E-state index contributed by atoms with van der Waals surface area (Å²) in [6, 6.07) is 18.2.